The van der Waals surface area contributed by atoms with Crippen molar-refractivity contribution in [1.82, 2.24) is 9.78 Å². The van der Waals surface area contributed by atoms with Crippen LogP contribution in [0.3, 0.4) is 0 Å². The lowest BCUT2D eigenvalue weighted by Crippen LogP contribution is -2.40. The molecule has 1 N–H and O–H groups in total. The van der Waals surface area contributed by atoms with E-state index < -0.39 is 8.32 Å². The van der Waals surface area contributed by atoms with Crippen LogP contribution < -0.4 is 0 Å². The van der Waals surface area contributed by atoms with Crippen molar-refractivity contribution in [2.75, 3.05) is 0 Å². The predicted octanol–water partition coefficient (Wildman–Crippen LogP) is 3.95. The number of nitrogens with zero attached hydrogens (tertiary/aromatic N) is 2. The van der Waals surface area contributed by atoms with E-state index in [2.05, 4.69) is 51.1 Å². The van der Waals surface area contributed by atoms with E-state index in [1.807, 2.05) is 28.9 Å². The van der Waals surface area contributed by atoms with Gasteiger partial charge < -0.3 is 9.53 Å². The fraction of sp³-hybridized carbons (Fsp3) is 0.500. The number of aliphatic hydroxyl groups is 1. The van der Waals surface area contributed by atoms with Gasteiger partial charge in [0.25, 0.3) is 0 Å². The lowest BCUT2D eigenvalue weighted by atomic mass is 10.2. The average Bonchev–Trinajstić information content (AvgIpc) is 2.87. The number of hydrogen-bond acceptors (Lipinski definition) is 3. The largest absolute Gasteiger partial charge is 0.411 e. The minimum absolute atomic E-state index is 0.0467. The molecule has 0 saturated heterocycles. The summed E-state index contributed by atoms with van der Waals surface area (Å²) in [5.41, 5.74) is 2.89. The molecule has 2 rings (SSSR count). The van der Waals surface area contributed by atoms with Crippen molar-refractivity contribution < 1.29 is 9.53 Å². The van der Waals surface area contributed by atoms with Gasteiger partial charge in [0.05, 0.1) is 31.1 Å². The molecular weight excluding hydrogens is 304 g/mol. The van der Waals surface area contributed by atoms with Gasteiger partial charge >= 0.3 is 0 Å². The molecule has 1 aromatic heterocycles. The Balaban J connectivity index is 2.16. The summed E-state index contributed by atoms with van der Waals surface area (Å²) in [4.78, 5) is 0. The van der Waals surface area contributed by atoms with Crippen molar-refractivity contribution in [3.8, 4) is 0 Å². The average molecular weight is 333 g/mol. The lowest BCUT2D eigenvalue weighted by molar-refractivity contribution is 0.265. The first kappa shape index (κ1) is 17.9. The second-order valence-corrected chi connectivity index (χ2v) is 12.3. The molecule has 0 bridgehead atoms. The Labute approximate surface area is 140 Å². The van der Waals surface area contributed by atoms with Crippen LogP contribution in [0.4, 0.5) is 0 Å². The van der Waals surface area contributed by atoms with Gasteiger partial charge in [0.15, 0.2) is 8.32 Å². The van der Waals surface area contributed by atoms with Gasteiger partial charge in [-0.2, -0.15) is 5.10 Å². The van der Waals surface area contributed by atoms with E-state index in [-0.39, 0.29) is 11.6 Å². The molecular formula is C18H28N2O2Si. The predicted molar refractivity (Wildman–Crippen MR) is 95.7 cm³/mol. The Morgan fingerprint density at radius 3 is 2.39 bits per heavy atom. The van der Waals surface area contributed by atoms with E-state index in [0.29, 0.717) is 18.8 Å². The highest BCUT2D eigenvalue weighted by atomic mass is 28.4. The smallest absolute Gasteiger partial charge is 0.192 e. The highest BCUT2D eigenvalue weighted by Gasteiger charge is 2.37. The number of hydrogen-bond donors (Lipinski definition) is 1. The fourth-order valence-electron chi connectivity index (χ4n) is 2.07. The molecule has 2 aromatic rings. The molecule has 5 heteroatoms. The Hall–Kier alpha value is -1.43. The minimum atomic E-state index is -1.81. The highest BCUT2D eigenvalue weighted by Crippen LogP contribution is 2.37. The first-order chi connectivity index (χ1) is 10.7. The number of aliphatic hydroxyl groups excluding tert-OH is 1. The van der Waals surface area contributed by atoms with Crippen LogP contribution in [0.2, 0.25) is 18.1 Å². The first-order valence-corrected chi connectivity index (χ1v) is 11.0. The van der Waals surface area contributed by atoms with Crippen molar-refractivity contribution in [2.24, 2.45) is 0 Å². The van der Waals surface area contributed by atoms with Crippen LogP contribution in [0.25, 0.3) is 0 Å². The monoisotopic (exact) mass is 332 g/mol. The summed E-state index contributed by atoms with van der Waals surface area (Å²) < 4.78 is 8.25. The summed E-state index contributed by atoms with van der Waals surface area (Å²) >= 11 is 0. The Morgan fingerprint density at radius 1 is 1.17 bits per heavy atom. The van der Waals surface area contributed by atoms with Gasteiger partial charge in [-0.05, 0) is 29.8 Å². The third-order valence-electron chi connectivity index (χ3n) is 4.64. The van der Waals surface area contributed by atoms with Gasteiger partial charge in [0.1, 0.15) is 0 Å². The fourth-order valence-corrected chi connectivity index (χ4v) is 3.01. The molecule has 0 radical (unpaired) electrons. The SMILES string of the molecule is CC(C)(C)[Si](C)(C)OCc1cc(CO)nn1Cc1ccccc1. The zero-order chi connectivity index (χ0) is 17.1. The van der Waals surface area contributed by atoms with Crippen molar-refractivity contribution in [3.63, 3.8) is 0 Å². The van der Waals surface area contributed by atoms with Crippen LogP contribution in [-0.4, -0.2) is 23.2 Å². The first-order valence-electron chi connectivity index (χ1n) is 8.07. The zero-order valence-electron chi connectivity index (χ0n) is 14.8. The van der Waals surface area contributed by atoms with Crippen molar-refractivity contribution in [3.05, 3.63) is 53.3 Å². The van der Waals surface area contributed by atoms with Gasteiger partial charge in [-0.1, -0.05) is 51.1 Å². The van der Waals surface area contributed by atoms with Crippen LogP contribution in [0.5, 0.6) is 0 Å². The van der Waals surface area contributed by atoms with Gasteiger partial charge in [-0.3, -0.25) is 4.68 Å². The van der Waals surface area contributed by atoms with Gasteiger partial charge in [-0.25, -0.2) is 0 Å². The van der Waals surface area contributed by atoms with Crippen LogP contribution in [0.15, 0.2) is 36.4 Å². The number of benzene rings is 1. The molecule has 0 spiro atoms. The molecule has 126 valence electrons. The van der Waals surface area contributed by atoms with Crippen molar-refractivity contribution >= 4 is 8.32 Å². The summed E-state index contributed by atoms with van der Waals surface area (Å²) in [6.07, 6.45) is 0. The van der Waals surface area contributed by atoms with Gasteiger partial charge in [0, 0.05) is 0 Å². The third kappa shape index (κ3) is 4.53. The topological polar surface area (TPSA) is 47.3 Å². The summed E-state index contributed by atoms with van der Waals surface area (Å²) in [7, 11) is -1.81. The van der Waals surface area contributed by atoms with E-state index in [1.165, 1.54) is 5.56 Å². The van der Waals surface area contributed by atoms with Crippen LogP contribution in [0, 0.1) is 0 Å². The minimum Gasteiger partial charge on any atom is -0.411 e. The molecule has 23 heavy (non-hydrogen) atoms. The molecule has 0 aliphatic heterocycles. The van der Waals surface area contributed by atoms with E-state index in [1.54, 1.807) is 0 Å². The van der Waals surface area contributed by atoms with Crippen LogP contribution in [0.1, 0.15) is 37.7 Å². The maximum atomic E-state index is 9.39. The Kier molecular flexibility index (Phi) is 5.44. The van der Waals surface area contributed by atoms with Gasteiger partial charge in [-0.15, -0.1) is 0 Å². The van der Waals surface area contributed by atoms with E-state index in [4.69, 9.17) is 4.43 Å². The molecule has 0 atom stereocenters. The Morgan fingerprint density at radius 2 is 1.83 bits per heavy atom. The molecule has 4 nitrogen and oxygen atoms in total. The highest BCUT2D eigenvalue weighted by molar-refractivity contribution is 6.74. The third-order valence-corrected chi connectivity index (χ3v) is 9.12. The molecule has 0 unspecified atom stereocenters. The molecule has 0 aliphatic rings. The van der Waals surface area contributed by atoms with Crippen LogP contribution in [-0.2, 0) is 24.2 Å². The van der Waals surface area contributed by atoms with Crippen molar-refractivity contribution in [2.45, 2.75) is 58.7 Å². The van der Waals surface area contributed by atoms with E-state index in [9.17, 15) is 5.11 Å². The summed E-state index contributed by atoms with van der Waals surface area (Å²) in [6.45, 7) is 12.4. The second-order valence-electron chi connectivity index (χ2n) is 7.48. The molecule has 0 aliphatic carbocycles. The molecule has 1 aromatic carbocycles. The van der Waals surface area contributed by atoms with Crippen LogP contribution >= 0.6 is 0 Å². The second kappa shape index (κ2) is 6.99. The normalized spacial score (nSPS) is 12.6. The number of aromatic nitrogens is 2. The van der Waals surface area contributed by atoms with E-state index in [0.717, 1.165) is 5.69 Å². The van der Waals surface area contributed by atoms with Crippen molar-refractivity contribution in [1.29, 1.82) is 0 Å². The number of rotatable bonds is 6. The molecule has 0 amide bonds. The Bertz CT molecular complexity index is 630. The summed E-state index contributed by atoms with van der Waals surface area (Å²) in [5.74, 6) is 0. The zero-order valence-corrected chi connectivity index (χ0v) is 15.8. The van der Waals surface area contributed by atoms with E-state index >= 15 is 0 Å². The standard InChI is InChI=1S/C18H28N2O2Si/c1-18(2,3)23(4,5)22-14-17-11-16(13-21)19-20(17)12-15-9-7-6-8-10-15/h6-11,21H,12-14H2,1-5H3. The van der Waals surface area contributed by atoms with Gasteiger partial charge in [0.2, 0.25) is 0 Å². The molecule has 1 heterocycles. The summed E-state index contributed by atoms with van der Waals surface area (Å²) in [6, 6.07) is 12.2. The maximum Gasteiger partial charge on any atom is 0.192 e. The summed E-state index contributed by atoms with van der Waals surface area (Å²) in [5, 5.41) is 14.1. The molecule has 0 fully saturated rings. The quantitative estimate of drug-likeness (QED) is 0.815. The molecule has 0 saturated carbocycles. The lowest BCUT2D eigenvalue weighted by Gasteiger charge is -2.36. The maximum absolute atomic E-state index is 9.39.